The van der Waals surface area contributed by atoms with Crippen molar-refractivity contribution in [2.45, 2.75) is 45.2 Å². The Morgan fingerprint density at radius 1 is 1.11 bits per heavy atom. The molecule has 0 aromatic heterocycles. The Balaban J connectivity index is 1.49. The molecule has 1 aliphatic rings. The second-order valence-corrected chi connectivity index (χ2v) is 7.57. The van der Waals surface area contributed by atoms with Crippen LogP contribution in [0.1, 0.15) is 36.0 Å². The van der Waals surface area contributed by atoms with Gasteiger partial charge in [0, 0.05) is 37.0 Å². The Bertz CT molecular complexity index is 787. The van der Waals surface area contributed by atoms with Gasteiger partial charge in [0.1, 0.15) is 0 Å². The van der Waals surface area contributed by atoms with E-state index in [2.05, 4.69) is 5.32 Å². The summed E-state index contributed by atoms with van der Waals surface area (Å²) in [7, 11) is 0. The van der Waals surface area contributed by atoms with Gasteiger partial charge in [-0.1, -0.05) is 53.6 Å². The van der Waals surface area contributed by atoms with E-state index in [1.807, 2.05) is 60.4 Å². The third kappa shape index (κ3) is 5.57. The zero-order valence-corrected chi connectivity index (χ0v) is 16.3. The molecule has 1 heterocycles. The molecule has 1 unspecified atom stereocenters. The molecule has 5 heteroatoms. The largest absolute Gasteiger partial charge is 0.356 e. The first-order valence-corrected chi connectivity index (χ1v) is 9.75. The summed E-state index contributed by atoms with van der Waals surface area (Å²) >= 11 is 5.88. The third-order valence-electron chi connectivity index (χ3n) is 5.00. The van der Waals surface area contributed by atoms with Gasteiger partial charge < -0.3 is 10.2 Å². The first kappa shape index (κ1) is 19.4. The van der Waals surface area contributed by atoms with E-state index in [4.69, 9.17) is 11.6 Å². The molecule has 0 spiro atoms. The van der Waals surface area contributed by atoms with Crippen molar-refractivity contribution in [2.75, 3.05) is 6.54 Å². The van der Waals surface area contributed by atoms with Crippen molar-refractivity contribution in [2.24, 2.45) is 0 Å². The second-order valence-electron chi connectivity index (χ2n) is 7.13. The zero-order valence-electron chi connectivity index (χ0n) is 15.6. The predicted octanol–water partition coefficient (Wildman–Crippen LogP) is 3.89. The van der Waals surface area contributed by atoms with Crippen molar-refractivity contribution in [3.05, 3.63) is 70.2 Å². The van der Waals surface area contributed by atoms with Gasteiger partial charge in [-0.25, -0.2) is 0 Å². The van der Waals surface area contributed by atoms with E-state index in [1.165, 1.54) is 5.56 Å². The minimum absolute atomic E-state index is 0.00225. The van der Waals surface area contributed by atoms with Crippen LogP contribution in [0, 0.1) is 6.92 Å². The number of carbonyl (C=O) groups is 2. The number of hydrogen-bond acceptors (Lipinski definition) is 2. The number of benzene rings is 2. The van der Waals surface area contributed by atoms with E-state index < -0.39 is 0 Å². The number of nitrogens with one attached hydrogen (secondary N) is 1. The Hall–Kier alpha value is -2.33. The molecule has 27 heavy (non-hydrogen) atoms. The Labute approximate surface area is 165 Å². The number of halogens is 1. The average Bonchev–Trinajstić information content (AvgIpc) is 2.98. The Kier molecular flexibility index (Phi) is 6.51. The molecule has 0 radical (unpaired) electrons. The highest BCUT2D eigenvalue weighted by molar-refractivity contribution is 6.30. The smallest absolute Gasteiger partial charge is 0.223 e. The molecule has 1 saturated heterocycles. The molecule has 1 atom stereocenters. The lowest BCUT2D eigenvalue weighted by Crippen LogP contribution is -2.37. The predicted molar refractivity (Wildman–Crippen MR) is 108 cm³/mol. The molecule has 2 aromatic rings. The normalized spacial score (nSPS) is 16.6. The van der Waals surface area contributed by atoms with Crippen molar-refractivity contribution in [1.29, 1.82) is 0 Å². The van der Waals surface area contributed by atoms with Gasteiger partial charge in [-0.2, -0.15) is 0 Å². The van der Waals surface area contributed by atoms with E-state index in [-0.39, 0.29) is 17.9 Å². The van der Waals surface area contributed by atoms with E-state index in [1.54, 1.807) is 0 Å². The van der Waals surface area contributed by atoms with Crippen LogP contribution in [-0.2, 0) is 22.6 Å². The van der Waals surface area contributed by atoms with Crippen molar-refractivity contribution in [3.8, 4) is 0 Å². The molecule has 0 saturated carbocycles. The third-order valence-corrected chi connectivity index (χ3v) is 5.25. The lowest BCUT2D eigenvalue weighted by atomic mass is 10.1. The fourth-order valence-corrected chi connectivity index (χ4v) is 3.52. The van der Waals surface area contributed by atoms with Crippen LogP contribution in [-0.4, -0.2) is 29.3 Å². The number of likely N-dealkylation sites (tertiary alicyclic amines) is 1. The van der Waals surface area contributed by atoms with Gasteiger partial charge >= 0.3 is 0 Å². The maximum absolute atomic E-state index is 12.3. The van der Waals surface area contributed by atoms with E-state index in [9.17, 15) is 9.59 Å². The molecule has 1 N–H and O–H groups in total. The number of aryl methyl sites for hydroxylation is 1. The van der Waals surface area contributed by atoms with Crippen LogP contribution in [0.5, 0.6) is 0 Å². The summed E-state index contributed by atoms with van der Waals surface area (Å²) in [6.45, 7) is 3.20. The van der Waals surface area contributed by atoms with Crippen molar-refractivity contribution < 1.29 is 9.59 Å². The van der Waals surface area contributed by atoms with Crippen LogP contribution in [0.15, 0.2) is 48.5 Å². The van der Waals surface area contributed by atoms with Crippen LogP contribution >= 0.6 is 11.6 Å². The molecular formula is C22H25ClN2O2. The maximum atomic E-state index is 12.3. The van der Waals surface area contributed by atoms with Crippen LogP contribution in [0.2, 0.25) is 5.02 Å². The Morgan fingerprint density at radius 3 is 2.48 bits per heavy atom. The first-order chi connectivity index (χ1) is 13.0. The van der Waals surface area contributed by atoms with Gasteiger partial charge in [0.15, 0.2) is 0 Å². The van der Waals surface area contributed by atoms with Gasteiger partial charge in [0.05, 0.1) is 0 Å². The van der Waals surface area contributed by atoms with E-state index >= 15 is 0 Å². The summed E-state index contributed by atoms with van der Waals surface area (Å²) in [6, 6.07) is 15.8. The summed E-state index contributed by atoms with van der Waals surface area (Å²) in [4.78, 5) is 26.4. The van der Waals surface area contributed by atoms with E-state index in [0.29, 0.717) is 31.0 Å². The fourth-order valence-electron chi connectivity index (χ4n) is 3.40. The number of nitrogens with zero attached hydrogens (tertiary/aromatic N) is 1. The summed E-state index contributed by atoms with van der Waals surface area (Å²) in [6.07, 6.45) is 2.39. The lowest BCUT2D eigenvalue weighted by Gasteiger charge is -2.24. The van der Waals surface area contributed by atoms with Crippen molar-refractivity contribution >= 4 is 23.4 Å². The number of carbonyl (C=O) groups excluding carboxylic acids is 2. The molecule has 0 aliphatic carbocycles. The monoisotopic (exact) mass is 384 g/mol. The topological polar surface area (TPSA) is 49.4 Å². The summed E-state index contributed by atoms with van der Waals surface area (Å²) < 4.78 is 0. The molecule has 0 bridgehead atoms. The van der Waals surface area contributed by atoms with Gasteiger partial charge in [0.2, 0.25) is 11.8 Å². The summed E-state index contributed by atoms with van der Waals surface area (Å²) in [5.41, 5.74) is 3.43. The minimum atomic E-state index is -0.0191. The van der Waals surface area contributed by atoms with Gasteiger partial charge in [-0.3, -0.25) is 9.59 Å². The molecule has 2 aromatic carbocycles. The number of hydrogen-bond donors (Lipinski definition) is 1. The highest BCUT2D eigenvalue weighted by atomic mass is 35.5. The van der Waals surface area contributed by atoms with Crippen LogP contribution in [0.3, 0.4) is 0 Å². The quantitative estimate of drug-likeness (QED) is 0.787. The highest BCUT2D eigenvalue weighted by Gasteiger charge is 2.32. The van der Waals surface area contributed by atoms with Gasteiger partial charge in [0.25, 0.3) is 0 Å². The molecule has 142 valence electrons. The minimum Gasteiger partial charge on any atom is -0.356 e. The van der Waals surface area contributed by atoms with Crippen LogP contribution < -0.4 is 5.32 Å². The Morgan fingerprint density at radius 2 is 1.78 bits per heavy atom. The standard InChI is InChI=1S/C22H25ClN2O2/c1-16-2-4-18(5-3-16)15-25-20(10-11-22(25)27)14-21(26)24-13-12-17-6-8-19(23)9-7-17/h2-9,20H,10-15H2,1H3,(H,24,26). The molecule has 1 fully saturated rings. The summed E-state index contributed by atoms with van der Waals surface area (Å²) in [5.74, 6) is 0.132. The molecule has 2 amide bonds. The molecular weight excluding hydrogens is 360 g/mol. The number of amides is 2. The summed E-state index contributed by atoms with van der Waals surface area (Å²) in [5, 5.41) is 3.68. The van der Waals surface area contributed by atoms with Crippen molar-refractivity contribution in [1.82, 2.24) is 10.2 Å². The lowest BCUT2D eigenvalue weighted by molar-refractivity contribution is -0.130. The highest BCUT2D eigenvalue weighted by Crippen LogP contribution is 2.24. The van der Waals surface area contributed by atoms with Crippen LogP contribution in [0.25, 0.3) is 0 Å². The maximum Gasteiger partial charge on any atom is 0.223 e. The molecule has 1 aliphatic heterocycles. The zero-order chi connectivity index (χ0) is 19.2. The van der Waals surface area contributed by atoms with Crippen LogP contribution in [0.4, 0.5) is 0 Å². The SMILES string of the molecule is Cc1ccc(CN2C(=O)CCC2CC(=O)NCCc2ccc(Cl)cc2)cc1. The van der Waals surface area contributed by atoms with E-state index in [0.717, 1.165) is 24.0 Å². The van der Waals surface area contributed by atoms with Crippen molar-refractivity contribution in [3.63, 3.8) is 0 Å². The molecule has 4 nitrogen and oxygen atoms in total. The van der Waals surface area contributed by atoms with Gasteiger partial charge in [-0.05, 0) is 43.0 Å². The second kappa shape index (κ2) is 9.05. The average molecular weight is 385 g/mol. The fraction of sp³-hybridized carbons (Fsp3) is 0.364. The first-order valence-electron chi connectivity index (χ1n) is 9.37. The van der Waals surface area contributed by atoms with Gasteiger partial charge in [-0.15, -0.1) is 0 Å². The number of rotatable bonds is 7. The molecule has 3 rings (SSSR count).